The van der Waals surface area contributed by atoms with Gasteiger partial charge in [-0.1, -0.05) is 72.8 Å². The highest BCUT2D eigenvalue weighted by Gasteiger charge is 2.20. The monoisotopic (exact) mass is 759 g/mol. The molecule has 7 aromatic rings. The van der Waals surface area contributed by atoms with Crippen molar-refractivity contribution in [2.24, 2.45) is 0 Å². The molecule has 288 valence electrons. The van der Waals surface area contributed by atoms with Gasteiger partial charge in [0.25, 0.3) is 0 Å². The smallest absolute Gasteiger partial charge is 0.164 e. The van der Waals surface area contributed by atoms with Crippen LogP contribution in [0.5, 0.6) is 0 Å². The third kappa shape index (κ3) is 7.68. The van der Waals surface area contributed by atoms with Crippen molar-refractivity contribution in [1.29, 1.82) is 0 Å². The number of hydrogen-bond donors (Lipinski definition) is 0. The lowest BCUT2D eigenvalue weighted by Crippen LogP contribution is -2.18. The highest BCUT2D eigenvalue weighted by atomic mass is 16.5. The first-order valence-corrected chi connectivity index (χ1v) is 20.3. The van der Waals surface area contributed by atoms with E-state index in [1.165, 1.54) is 0 Å². The number of ether oxygens (including phenoxy) is 3. The van der Waals surface area contributed by atoms with Gasteiger partial charge in [-0.3, -0.25) is 0 Å². The van der Waals surface area contributed by atoms with Gasteiger partial charge in [-0.05, 0) is 74.5 Å². The number of rotatable bonds is 9. The van der Waals surface area contributed by atoms with Crippen molar-refractivity contribution in [3.63, 3.8) is 0 Å². The fourth-order valence-corrected chi connectivity index (χ4v) is 7.93. The molecule has 3 unspecified atom stereocenters. The molecule has 10 rings (SSSR count). The lowest BCUT2D eigenvalue weighted by molar-refractivity contribution is -0.0395. The van der Waals surface area contributed by atoms with E-state index in [-0.39, 0.29) is 18.7 Å². The van der Waals surface area contributed by atoms with Gasteiger partial charge in [0.05, 0.1) is 18.6 Å². The van der Waals surface area contributed by atoms with Crippen molar-refractivity contribution in [2.75, 3.05) is 19.8 Å². The first-order chi connectivity index (χ1) is 28.2. The molecule has 3 aliphatic heterocycles. The fraction of sp³-hybridized carbons (Fsp3) is 0.333. The van der Waals surface area contributed by atoms with Gasteiger partial charge in [-0.2, -0.15) is 15.3 Å². The largest absolute Gasteiger partial charge is 0.357 e. The Morgan fingerprint density at radius 3 is 0.895 bits per heavy atom. The zero-order valence-corrected chi connectivity index (χ0v) is 31.9. The van der Waals surface area contributed by atoms with Crippen molar-refractivity contribution in [3.8, 4) is 67.5 Å². The summed E-state index contributed by atoms with van der Waals surface area (Å²) in [6, 6.07) is 25.0. The Hall–Kier alpha value is -5.82. The lowest BCUT2D eigenvalue weighted by Gasteiger charge is -2.22. The summed E-state index contributed by atoms with van der Waals surface area (Å²) in [5.41, 5.74) is 9.03. The molecule has 12 nitrogen and oxygen atoms in total. The Morgan fingerprint density at radius 1 is 0.351 bits per heavy atom. The maximum Gasteiger partial charge on any atom is 0.164 e. The molecule has 3 fully saturated rings. The van der Waals surface area contributed by atoms with E-state index in [1.807, 2.05) is 32.6 Å². The van der Waals surface area contributed by atoms with E-state index in [0.29, 0.717) is 17.5 Å². The Bertz CT molecular complexity index is 2130. The Kier molecular flexibility index (Phi) is 9.97. The maximum absolute atomic E-state index is 5.95. The van der Waals surface area contributed by atoms with Crippen LogP contribution in [0, 0.1) is 0 Å². The van der Waals surface area contributed by atoms with Crippen molar-refractivity contribution in [1.82, 2.24) is 44.3 Å². The van der Waals surface area contributed by atoms with Crippen LogP contribution in [0.1, 0.15) is 76.5 Å². The van der Waals surface area contributed by atoms with E-state index in [1.54, 1.807) is 0 Å². The van der Waals surface area contributed by atoms with Gasteiger partial charge < -0.3 is 14.2 Å². The van der Waals surface area contributed by atoms with E-state index in [0.717, 1.165) is 128 Å². The molecule has 3 saturated heterocycles. The standard InChI is InChI=1S/C45H45N9O3/c1-4-22-55-40(7-1)52-28-37(25-46-52)31-10-16-34(17-11-31)43-49-44(35-18-12-32(13-19-35)38-26-47-53(29-38)41-8-2-5-23-56-41)51-45(50-43)36-20-14-33(15-21-36)39-27-48-54(30-39)42-9-3-6-24-57-42/h10-21,25-30,40-42H,1-9,22-24H2. The minimum absolute atomic E-state index is 0.000280. The van der Waals surface area contributed by atoms with Crippen molar-refractivity contribution >= 4 is 0 Å². The average Bonchev–Trinajstić information content (AvgIpc) is 4.10. The van der Waals surface area contributed by atoms with Gasteiger partial charge in [-0.25, -0.2) is 29.0 Å². The third-order valence-corrected chi connectivity index (χ3v) is 11.2. The predicted molar refractivity (Wildman–Crippen MR) is 216 cm³/mol. The van der Waals surface area contributed by atoms with Crippen LogP contribution >= 0.6 is 0 Å². The van der Waals surface area contributed by atoms with Gasteiger partial charge >= 0.3 is 0 Å². The van der Waals surface area contributed by atoms with Crippen molar-refractivity contribution in [2.45, 2.75) is 76.5 Å². The molecular weight excluding hydrogens is 715 g/mol. The Balaban J connectivity index is 0.949. The first-order valence-electron chi connectivity index (χ1n) is 20.3. The van der Waals surface area contributed by atoms with E-state index >= 15 is 0 Å². The summed E-state index contributed by atoms with van der Waals surface area (Å²) < 4.78 is 23.7. The minimum atomic E-state index is -0.000280. The molecular formula is C45H45N9O3. The Morgan fingerprint density at radius 2 is 0.632 bits per heavy atom. The van der Waals surface area contributed by atoms with Gasteiger partial charge in [-0.15, -0.1) is 0 Å². The van der Waals surface area contributed by atoms with Crippen molar-refractivity contribution in [3.05, 3.63) is 110 Å². The van der Waals surface area contributed by atoms with Gasteiger partial charge in [0, 0.05) is 71.8 Å². The molecule has 57 heavy (non-hydrogen) atoms. The summed E-state index contributed by atoms with van der Waals surface area (Å²) in [6.07, 6.45) is 21.7. The van der Waals surface area contributed by atoms with Gasteiger partial charge in [0.15, 0.2) is 17.5 Å². The summed E-state index contributed by atoms with van der Waals surface area (Å²) in [6.45, 7) is 2.34. The third-order valence-electron chi connectivity index (χ3n) is 11.2. The summed E-state index contributed by atoms with van der Waals surface area (Å²) >= 11 is 0. The van der Waals surface area contributed by atoms with E-state index in [9.17, 15) is 0 Å². The minimum Gasteiger partial charge on any atom is -0.357 e. The molecule has 0 N–H and O–H groups in total. The molecule has 3 aromatic carbocycles. The van der Waals surface area contributed by atoms with Gasteiger partial charge in [0.1, 0.15) is 18.7 Å². The summed E-state index contributed by atoms with van der Waals surface area (Å²) in [7, 11) is 0. The van der Waals surface area contributed by atoms with E-state index < -0.39 is 0 Å². The highest BCUT2D eigenvalue weighted by Crippen LogP contribution is 2.32. The summed E-state index contributed by atoms with van der Waals surface area (Å²) in [5.74, 6) is 1.80. The summed E-state index contributed by atoms with van der Waals surface area (Å²) in [4.78, 5) is 15.1. The van der Waals surface area contributed by atoms with Gasteiger partial charge in [0.2, 0.25) is 0 Å². The number of benzene rings is 3. The predicted octanol–water partition coefficient (Wildman–Crippen LogP) is 9.56. The molecule has 0 spiro atoms. The molecule has 0 aliphatic carbocycles. The zero-order chi connectivity index (χ0) is 38.0. The van der Waals surface area contributed by atoms with E-state index in [2.05, 4.69) is 107 Å². The van der Waals surface area contributed by atoms with Crippen LogP contribution in [0.2, 0.25) is 0 Å². The second kappa shape index (κ2) is 16.0. The summed E-state index contributed by atoms with van der Waals surface area (Å²) in [5, 5.41) is 13.9. The molecule has 0 radical (unpaired) electrons. The molecule has 0 bridgehead atoms. The quantitative estimate of drug-likeness (QED) is 0.142. The highest BCUT2D eigenvalue weighted by molar-refractivity contribution is 5.73. The lowest BCUT2D eigenvalue weighted by atomic mass is 10.1. The maximum atomic E-state index is 5.95. The molecule has 0 amide bonds. The molecule has 3 atom stereocenters. The molecule has 12 heteroatoms. The molecule has 3 aliphatic rings. The molecule has 4 aromatic heterocycles. The fourth-order valence-electron chi connectivity index (χ4n) is 7.93. The Labute approximate surface area is 331 Å². The SMILES string of the molecule is c1cc(-c2nc(-c3ccc(-c4cnn(C5CCCCO5)c4)cc3)nc(-c3ccc(-c4cnn(C5CCCCO5)c4)cc3)n2)ccc1-c1cnn(C2CCCCO2)c1. The van der Waals surface area contributed by atoms with Crippen molar-refractivity contribution < 1.29 is 14.2 Å². The first kappa shape index (κ1) is 35.6. The zero-order valence-electron chi connectivity index (χ0n) is 31.9. The van der Waals surface area contributed by atoms with Crippen LogP contribution in [-0.4, -0.2) is 64.1 Å². The number of aromatic nitrogens is 9. The second-order valence-electron chi connectivity index (χ2n) is 15.1. The molecule has 0 saturated carbocycles. The molecule has 7 heterocycles. The van der Waals surface area contributed by atoms with Crippen LogP contribution in [0.25, 0.3) is 67.5 Å². The van der Waals surface area contributed by atoms with E-state index in [4.69, 9.17) is 29.2 Å². The normalized spacial score (nSPS) is 20.1. The topological polar surface area (TPSA) is 120 Å². The van der Waals surface area contributed by atoms with Crippen LogP contribution in [0.3, 0.4) is 0 Å². The van der Waals surface area contributed by atoms with Crippen LogP contribution < -0.4 is 0 Å². The van der Waals surface area contributed by atoms with Crippen LogP contribution in [0.15, 0.2) is 110 Å². The van der Waals surface area contributed by atoms with Crippen LogP contribution in [0.4, 0.5) is 0 Å². The van der Waals surface area contributed by atoms with Crippen LogP contribution in [-0.2, 0) is 14.2 Å². The number of nitrogens with zero attached hydrogens (tertiary/aromatic N) is 9. The average molecular weight is 760 g/mol. The second-order valence-corrected chi connectivity index (χ2v) is 15.1. The number of hydrogen-bond acceptors (Lipinski definition) is 9.